The highest BCUT2D eigenvalue weighted by Gasteiger charge is 2.22. The minimum absolute atomic E-state index is 0.372. The molecule has 6 rings (SSSR count). The number of nitrogens with zero attached hydrogens (tertiary/aromatic N) is 5. The molecule has 0 radical (unpaired) electrons. The van der Waals surface area contributed by atoms with E-state index in [0.717, 1.165) is 22.3 Å². The number of rotatable bonds is 3. The van der Waals surface area contributed by atoms with E-state index >= 15 is 4.39 Å². The van der Waals surface area contributed by atoms with E-state index in [1.165, 1.54) is 12.3 Å². The van der Waals surface area contributed by atoms with Gasteiger partial charge in [-0.15, -0.1) is 0 Å². The van der Waals surface area contributed by atoms with Crippen LogP contribution in [0.5, 0.6) is 0 Å². The maximum Gasteiger partial charge on any atom is 0.178 e. The maximum atomic E-state index is 15.1. The molecule has 0 aliphatic carbocycles. The molecule has 34 heavy (non-hydrogen) atoms. The van der Waals surface area contributed by atoms with Crippen LogP contribution >= 0.6 is 0 Å². The van der Waals surface area contributed by atoms with Crippen molar-refractivity contribution in [3.8, 4) is 22.4 Å². The number of nitrogens with two attached hydrogens (primary N) is 1. The summed E-state index contributed by atoms with van der Waals surface area (Å²) in [4.78, 5) is 25.9. The summed E-state index contributed by atoms with van der Waals surface area (Å²) in [5, 5.41) is 3.26. The average molecular weight is 450 g/mol. The van der Waals surface area contributed by atoms with Crippen LogP contribution in [0.3, 0.4) is 0 Å². The third-order valence-electron chi connectivity index (χ3n) is 5.69. The smallest absolute Gasteiger partial charge is 0.178 e. The second-order valence-corrected chi connectivity index (χ2v) is 7.90. The van der Waals surface area contributed by atoms with Gasteiger partial charge in [0, 0.05) is 59.3 Å². The van der Waals surface area contributed by atoms with Gasteiger partial charge in [0.05, 0.1) is 23.4 Å². The Morgan fingerprint density at radius 1 is 0.941 bits per heavy atom. The summed E-state index contributed by atoms with van der Waals surface area (Å²) in [5.74, 6) is 0.183. The first-order valence-electron chi connectivity index (χ1n) is 10.8. The minimum atomic E-state index is -0.372. The van der Waals surface area contributed by atoms with Gasteiger partial charge in [-0.2, -0.15) is 0 Å². The Morgan fingerprint density at radius 2 is 1.88 bits per heavy atom. The Bertz CT molecular complexity index is 1560. The number of H-pyrrole nitrogens is 1. The lowest BCUT2D eigenvalue weighted by atomic mass is 9.99. The molecule has 9 heteroatoms. The molecule has 4 aromatic heterocycles. The van der Waals surface area contributed by atoms with E-state index in [9.17, 15) is 0 Å². The lowest BCUT2D eigenvalue weighted by molar-refractivity contribution is 0.631. The predicted octanol–water partition coefficient (Wildman–Crippen LogP) is 4.07. The zero-order valence-electron chi connectivity index (χ0n) is 18.0. The van der Waals surface area contributed by atoms with Crippen LogP contribution in [-0.2, 0) is 0 Å². The van der Waals surface area contributed by atoms with Crippen LogP contribution in [0.15, 0.2) is 72.2 Å². The number of benzene rings is 1. The summed E-state index contributed by atoms with van der Waals surface area (Å²) in [6, 6.07) is 12.6. The number of nitrogens with one attached hydrogen (secondary N) is 2. The monoisotopic (exact) mass is 450 g/mol. The minimum Gasteiger partial charge on any atom is -0.397 e. The predicted molar refractivity (Wildman–Crippen MR) is 130 cm³/mol. The van der Waals surface area contributed by atoms with Gasteiger partial charge in [-0.25, -0.2) is 14.4 Å². The van der Waals surface area contributed by atoms with E-state index < -0.39 is 0 Å². The van der Waals surface area contributed by atoms with Gasteiger partial charge in [-0.1, -0.05) is 6.07 Å². The first kappa shape index (κ1) is 20.0. The SMILES string of the molecule is Nc1cncc(-c2cc3c(cc2F)NCCN=C3c2nc3nccc(-c4ccccn4)c3[nH]2)c1. The molecule has 8 nitrogen and oxygen atoms in total. The molecule has 0 spiro atoms. The highest BCUT2D eigenvalue weighted by molar-refractivity contribution is 6.16. The van der Waals surface area contributed by atoms with Crippen molar-refractivity contribution in [1.82, 2.24) is 24.9 Å². The highest BCUT2D eigenvalue weighted by Crippen LogP contribution is 2.32. The molecule has 4 N–H and O–H groups in total. The Hall–Kier alpha value is -4.66. The van der Waals surface area contributed by atoms with E-state index in [2.05, 4.69) is 25.3 Å². The van der Waals surface area contributed by atoms with Crippen molar-refractivity contribution >= 4 is 28.3 Å². The Balaban J connectivity index is 1.52. The first-order chi connectivity index (χ1) is 16.7. The number of aliphatic imine (C=N–C) groups is 1. The molecule has 1 aromatic carbocycles. The third kappa shape index (κ3) is 3.43. The van der Waals surface area contributed by atoms with E-state index in [0.29, 0.717) is 52.8 Å². The van der Waals surface area contributed by atoms with Crippen molar-refractivity contribution in [1.29, 1.82) is 0 Å². The van der Waals surface area contributed by atoms with Crippen LogP contribution in [0, 0.1) is 5.82 Å². The average Bonchev–Trinajstić information content (AvgIpc) is 3.19. The largest absolute Gasteiger partial charge is 0.397 e. The molecule has 0 saturated heterocycles. The Kier molecular flexibility index (Phi) is 4.72. The fourth-order valence-corrected chi connectivity index (χ4v) is 4.15. The molecular weight excluding hydrogens is 431 g/mol. The number of pyridine rings is 3. The van der Waals surface area contributed by atoms with Gasteiger partial charge < -0.3 is 16.0 Å². The second-order valence-electron chi connectivity index (χ2n) is 7.90. The van der Waals surface area contributed by atoms with Gasteiger partial charge in [0.1, 0.15) is 11.5 Å². The molecule has 0 bridgehead atoms. The number of aromatic amines is 1. The van der Waals surface area contributed by atoms with Gasteiger partial charge in [-0.05, 0) is 36.4 Å². The standard InChI is InChI=1S/C25H19FN8/c26-19-11-21-18(10-17(19)14-9-15(27)13-28-12-14)22(31-8-7-30-21)25-33-23-16(4-6-32-24(23)34-25)20-3-1-2-5-29-20/h1-6,9-13,30H,7-8,27H2,(H,32,33,34). The van der Waals surface area contributed by atoms with Crippen LogP contribution < -0.4 is 11.1 Å². The number of fused-ring (bicyclic) bond motifs is 2. The number of nitrogen functional groups attached to an aromatic ring is 1. The first-order valence-corrected chi connectivity index (χ1v) is 10.8. The third-order valence-corrected chi connectivity index (χ3v) is 5.69. The Morgan fingerprint density at radius 3 is 2.74 bits per heavy atom. The van der Waals surface area contributed by atoms with Crippen molar-refractivity contribution < 1.29 is 4.39 Å². The molecule has 0 atom stereocenters. The van der Waals surface area contributed by atoms with Crippen molar-refractivity contribution in [3.63, 3.8) is 0 Å². The van der Waals surface area contributed by atoms with E-state index in [1.54, 1.807) is 30.7 Å². The highest BCUT2D eigenvalue weighted by atomic mass is 19.1. The normalized spacial score (nSPS) is 13.1. The molecule has 0 unspecified atom stereocenters. The number of hydrogen-bond donors (Lipinski definition) is 3. The molecule has 1 aliphatic heterocycles. The Labute approximate surface area is 193 Å². The molecule has 0 amide bonds. The second kappa shape index (κ2) is 8.04. The topological polar surface area (TPSA) is 118 Å². The number of aromatic nitrogens is 5. The van der Waals surface area contributed by atoms with Crippen molar-refractivity contribution in [3.05, 3.63) is 84.5 Å². The zero-order chi connectivity index (χ0) is 23.1. The maximum absolute atomic E-state index is 15.1. The molecule has 5 heterocycles. The summed E-state index contributed by atoms with van der Waals surface area (Å²) in [6.45, 7) is 1.09. The van der Waals surface area contributed by atoms with E-state index in [-0.39, 0.29) is 5.82 Å². The number of imidazole rings is 1. The van der Waals surface area contributed by atoms with Gasteiger partial charge in [0.15, 0.2) is 11.5 Å². The summed E-state index contributed by atoms with van der Waals surface area (Å²) < 4.78 is 15.1. The molecule has 0 saturated carbocycles. The van der Waals surface area contributed by atoms with E-state index in [1.807, 2.05) is 24.3 Å². The van der Waals surface area contributed by atoms with Crippen LogP contribution in [0.2, 0.25) is 0 Å². The fourth-order valence-electron chi connectivity index (χ4n) is 4.15. The molecule has 5 aromatic rings. The quantitative estimate of drug-likeness (QED) is 0.381. The number of anilines is 2. The number of halogens is 1. The van der Waals surface area contributed by atoms with Crippen molar-refractivity contribution in [2.24, 2.45) is 4.99 Å². The van der Waals surface area contributed by atoms with Gasteiger partial charge in [-0.3, -0.25) is 15.0 Å². The lowest BCUT2D eigenvalue weighted by Gasteiger charge is -2.13. The van der Waals surface area contributed by atoms with Crippen molar-refractivity contribution in [2.75, 3.05) is 24.1 Å². The lowest BCUT2D eigenvalue weighted by Crippen LogP contribution is -2.08. The molecule has 0 fully saturated rings. The van der Waals surface area contributed by atoms with Crippen molar-refractivity contribution in [2.45, 2.75) is 0 Å². The van der Waals surface area contributed by atoms with Crippen LogP contribution in [0.1, 0.15) is 11.4 Å². The summed E-state index contributed by atoms with van der Waals surface area (Å²) in [7, 11) is 0. The fraction of sp³-hybridized carbons (Fsp3) is 0.0800. The van der Waals surface area contributed by atoms with Gasteiger partial charge in [0.2, 0.25) is 0 Å². The summed E-state index contributed by atoms with van der Waals surface area (Å²) in [5.41, 5.74) is 12.4. The molecular formula is C25H19FN8. The summed E-state index contributed by atoms with van der Waals surface area (Å²) in [6.07, 6.45) is 6.57. The summed E-state index contributed by atoms with van der Waals surface area (Å²) >= 11 is 0. The number of hydrogen-bond acceptors (Lipinski definition) is 7. The molecule has 166 valence electrons. The van der Waals surface area contributed by atoms with E-state index in [4.69, 9.17) is 15.7 Å². The van der Waals surface area contributed by atoms with Crippen LogP contribution in [-0.4, -0.2) is 43.7 Å². The van der Waals surface area contributed by atoms with Gasteiger partial charge >= 0.3 is 0 Å². The zero-order valence-corrected chi connectivity index (χ0v) is 18.0. The van der Waals surface area contributed by atoms with Crippen LogP contribution in [0.4, 0.5) is 15.8 Å². The van der Waals surface area contributed by atoms with Crippen LogP contribution in [0.25, 0.3) is 33.5 Å². The molecule has 1 aliphatic rings. The van der Waals surface area contributed by atoms with Gasteiger partial charge in [0.25, 0.3) is 0 Å². The number of benzodiazepines with no additional fused rings is 1.